The van der Waals surface area contributed by atoms with E-state index >= 15 is 0 Å². The molecule has 2 aromatic carbocycles. The van der Waals surface area contributed by atoms with Gasteiger partial charge in [0.05, 0.1) is 32.5 Å². The van der Waals surface area contributed by atoms with Crippen LogP contribution >= 0.6 is 11.6 Å². The van der Waals surface area contributed by atoms with Crippen molar-refractivity contribution in [2.45, 2.75) is 19.4 Å². The van der Waals surface area contributed by atoms with Crippen molar-refractivity contribution in [3.8, 4) is 11.5 Å². The summed E-state index contributed by atoms with van der Waals surface area (Å²) in [5.74, 6) is 1.35. The van der Waals surface area contributed by atoms with E-state index in [-0.39, 0.29) is 11.9 Å². The molecule has 1 amide bonds. The van der Waals surface area contributed by atoms with Crippen molar-refractivity contribution in [2.24, 2.45) is 5.10 Å². The van der Waals surface area contributed by atoms with Crippen LogP contribution < -0.4 is 9.47 Å². The Morgan fingerprint density at radius 2 is 1.79 bits per heavy atom. The smallest absolute Gasteiger partial charge is 0.257 e. The highest BCUT2D eigenvalue weighted by molar-refractivity contribution is 6.31. The van der Waals surface area contributed by atoms with E-state index in [0.717, 1.165) is 49.6 Å². The number of amides is 1. The van der Waals surface area contributed by atoms with Crippen LogP contribution in [0.1, 0.15) is 30.5 Å². The largest absolute Gasteiger partial charge is 0.497 e. The van der Waals surface area contributed by atoms with Gasteiger partial charge >= 0.3 is 0 Å². The number of piperazine rings is 1. The highest BCUT2D eigenvalue weighted by atomic mass is 35.5. The number of methoxy groups -OCH3 is 2. The maximum Gasteiger partial charge on any atom is 0.257 e. The van der Waals surface area contributed by atoms with Crippen LogP contribution in [0.4, 0.5) is 0 Å². The second kappa shape index (κ2) is 10.5. The molecule has 0 aliphatic carbocycles. The Kier molecular flexibility index (Phi) is 7.53. The van der Waals surface area contributed by atoms with E-state index in [4.69, 9.17) is 26.2 Å². The zero-order valence-corrected chi connectivity index (χ0v) is 20.2. The van der Waals surface area contributed by atoms with Crippen molar-refractivity contribution >= 4 is 23.2 Å². The van der Waals surface area contributed by atoms with Crippen LogP contribution in [0.2, 0.25) is 5.02 Å². The third-order valence-electron chi connectivity index (χ3n) is 6.42. The average molecular weight is 471 g/mol. The lowest BCUT2D eigenvalue weighted by atomic mass is 9.97. The van der Waals surface area contributed by atoms with Gasteiger partial charge in [0.25, 0.3) is 5.91 Å². The van der Waals surface area contributed by atoms with Crippen molar-refractivity contribution in [1.82, 2.24) is 14.8 Å². The minimum Gasteiger partial charge on any atom is -0.497 e. The molecule has 0 saturated carbocycles. The summed E-state index contributed by atoms with van der Waals surface area (Å²) < 4.78 is 10.9. The molecule has 1 saturated heterocycles. The molecule has 0 N–H and O–H groups in total. The molecule has 8 heteroatoms. The van der Waals surface area contributed by atoms with Crippen molar-refractivity contribution in [3.63, 3.8) is 0 Å². The molecule has 1 atom stereocenters. The van der Waals surface area contributed by atoms with E-state index in [1.54, 1.807) is 19.2 Å². The summed E-state index contributed by atoms with van der Waals surface area (Å²) in [5.41, 5.74) is 2.54. The Morgan fingerprint density at radius 3 is 2.45 bits per heavy atom. The van der Waals surface area contributed by atoms with Crippen molar-refractivity contribution < 1.29 is 14.3 Å². The summed E-state index contributed by atoms with van der Waals surface area (Å²) in [6.45, 7) is 7.28. The zero-order chi connectivity index (χ0) is 23.4. The first-order chi connectivity index (χ1) is 16.0. The van der Waals surface area contributed by atoms with Crippen molar-refractivity contribution in [1.29, 1.82) is 0 Å². The average Bonchev–Trinajstić information content (AvgIpc) is 3.29. The molecule has 33 heavy (non-hydrogen) atoms. The van der Waals surface area contributed by atoms with Crippen LogP contribution in [0.15, 0.2) is 47.6 Å². The monoisotopic (exact) mass is 470 g/mol. The Balaban J connectivity index is 1.62. The highest BCUT2D eigenvalue weighted by Gasteiger charge is 2.36. The normalized spacial score (nSPS) is 19.5. The molecular formula is C25H31ClN4O3. The summed E-state index contributed by atoms with van der Waals surface area (Å²) in [7, 11) is 3.24. The van der Waals surface area contributed by atoms with E-state index in [1.165, 1.54) is 0 Å². The second-order valence-electron chi connectivity index (χ2n) is 8.30. The summed E-state index contributed by atoms with van der Waals surface area (Å²) in [5, 5.41) is 7.05. The number of hydrazone groups is 1. The fourth-order valence-corrected chi connectivity index (χ4v) is 4.72. The minimum absolute atomic E-state index is 0.0210. The van der Waals surface area contributed by atoms with Gasteiger partial charge in [-0.15, -0.1) is 0 Å². The van der Waals surface area contributed by atoms with Crippen LogP contribution in [0.5, 0.6) is 11.5 Å². The number of carbonyl (C=O) groups is 1. The van der Waals surface area contributed by atoms with Gasteiger partial charge in [0.1, 0.15) is 11.5 Å². The Hall–Kier alpha value is -2.61. The van der Waals surface area contributed by atoms with E-state index < -0.39 is 0 Å². The molecule has 2 aliphatic rings. The molecule has 2 aromatic rings. The SMILES string of the molecule is CCN1CCN(CC(=O)N2N=C(c3ccc(OC)cc3OC)C[C@H]2c2ccccc2Cl)CC1. The molecule has 2 aliphatic heterocycles. The molecule has 1 fully saturated rings. The first kappa shape index (κ1) is 23.5. The lowest BCUT2D eigenvalue weighted by Crippen LogP contribution is -2.49. The lowest BCUT2D eigenvalue weighted by Gasteiger charge is -2.34. The third-order valence-corrected chi connectivity index (χ3v) is 6.76. The Labute approximate surface area is 200 Å². The number of hydrogen-bond acceptors (Lipinski definition) is 6. The van der Waals surface area contributed by atoms with E-state index in [1.807, 2.05) is 42.5 Å². The second-order valence-corrected chi connectivity index (χ2v) is 8.71. The predicted molar refractivity (Wildman–Crippen MR) is 130 cm³/mol. The molecule has 0 radical (unpaired) electrons. The number of hydrogen-bond donors (Lipinski definition) is 0. The lowest BCUT2D eigenvalue weighted by molar-refractivity contribution is -0.134. The quantitative estimate of drug-likeness (QED) is 0.618. The zero-order valence-electron chi connectivity index (χ0n) is 19.5. The van der Waals surface area contributed by atoms with Gasteiger partial charge in [-0.25, -0.2) is 5.01 Å². The summed E-state index contributed by atoms with van der Waals surface area (Å²) in [6.07, 6.45) is 0.557. The van der Waals surface area contributed by atoms with Crippen LogP contribution in [0, 0.1) is 0 Å². The highest BCUT2D eigenvalue weighted by Crippen LogP contribution is 2.38. The van der Waals surface area contributed by atoms with Crippen LogP contribution in [-0.2, 0) is 4.79 Å². The standard InChI is InChI=1S/C25H31ClN4O3/c1-4-28-11-13-29(14-12-28)17-25(31)30-23(19-7-5-6-8-21(19)26)16-22(27-30)20-10-9-18(32-2)15-24(20)33-3/h5-10,15,23H,4,11-14,16-17H2,1-3H3/t23-/m0/s1. The van der Waals surface area contributed by atoms with Crippen LogP contribution in [0.25, 0.3) is 0 Å². The molecule has 176 valence electrons. The topological polar surface area (TPSA) is 57.6 Å². The molecule has 0 bridgehead atoms. The maximum absolute atomic E-state index is 13.5. The molecule has 0 spiro atoms. The molecular weight excluding hydrogens is 440 g/mol. The Morgan fingerprint density at radius 1 is 1.06 bits per heavy atom. The van der Waals surface area contributed by atoms with Gasteiger partial charge in [-0.05, 0) is 30.3 Å². The number of carbonyl (C=O) groups excluding carboxylic acids is 1. The van der Waals surface area contributed by atoms with Gasteiger partial charge in [0.2, 0.25) is 0 Å². The molecule has 2 heterocycles. The van der Waals surface area contributed by atoms with E-state index in [2.05, 4.69) is 16.7 Å². The summed E-state index contributed by atoms with van der Waals surface area (Å²) in [4.78, 5) is 18.1. The number of rotatable bonds is 7. The number of halogens is 1. The van der Waals surface area contributed by atoms with E-state index in [0.29, 0.717) is 29.5 Å². The number of ether oxygens (including phenoxy) is 2. The van der Waals surface area contributed by atoms with Gasteiger partial charge < -0.3 is 14.4 Å². The van der Waals surface area contributed by atoms with Crippen LogP contribution in [0.3, 0.4) is 0 Å². The first-order valence-corrected chi connectivity index (χ1v) is 11.7. The van der Waals surface area contributed by atoms with Gasteiger partial charge in [-0.3, -0.25) is 9.69 Å². The molecule has 0 unspecified atom stereocenters. The fraction of sp³-hybridized carbons (Fsp3) is 0.440. The van der Waals surface area contributed by atoms with Crippen molar-refractivity contribution in [2.75, 3.05) is 53.5 Å². The third kappa shape index (κ3) is 5.16. The van der Waals surface area contributed by atoms with Gasteiger partial charge in [0, 0.05) is 49.3 Å². The maximum atomic E-state index is 13.5. The summed E-state index contributed by atoms with van der Waals surface area (Å²) in [6, 6.07) is 13.0. The fourth-order valence-electron chi connectivity index (χ4n) is 4.45. The van der Waals surface area contributed by atoms with Crippen LogP contribution in [-0.4, -0.2) is 79.9 Å². The van der Waals surface area contributed by atoms with Gasteiger partial charge in [0.15, 0.2) is 0 Å². The molecule has 0 aromatic heterocycles. The van der Waals surface area contributed by atoms with Gasteiger partial charge in [-0.2, -0.15) is 5.10 Å². The summed E-state index contributed by atoms with van der Waals surface area (Å²) >= 11 is 6.54. The van der Waals surface area contributed by atoms with Gasteiger partial charge in [-0.1, -0.05) is 36.7 Å². The first-order valence-electron chi connectivity index (χ1n) is 11.3. The predicted octanol–water partition coefficient (Wildman–Crippen LogP) is 3.67. The minimum atomic E-state index is -0.259. The van der Waals surface area contributed by atoms with Crippen molar-refractivity contribution in [3.05, 3.63) is 58.6 Å². The number of benzene rings is 2. The van der Waals surface area contributed by atoms with E-state index in [9.17, 15) is 4.79 Å². The molecule has 4 rings (SSSR count). The number of nitrogens with zero attached hydrogens (tertiary/aromatic N) is 4. The number of likely N-dealkylation sites (N-methyl/N-ethyl adjacent to an activating group) is 1. The Bertz CT molecular complexity index is 1020. The molecule has 7 nitrogen and oxygen atoms in total.